The van der Waals surface area contributed by atoms with Crippen LogP contribution >= 0.6 is 0 Å². The van der Waals surface area contributed by atoms with Crippen molar-refractivity contribution in [2.24, 2.45) is 0 Å². The average Bonchev–Trinajstić information content (AvgIpc) is 2.47. The summed E-state index contributed by atoms with van der Waals surface area (Å²) in [5.41, 5.74) is 1.06. The molecular weight excluding hydrogens is 246 g/mol. The van der Waals surface area contributed by atoms with Gasteiger partial charge in [-0.1, -0.05) is 30.3 Å². The summed E-state index contributed by atoms with van der Waals surface area (Å²) in [4.78, 5) is 22.7. The normalized spacial score (nSPS) is 11.7. The van der Waals surface area contributed by atoms with E-state index >= 15 is 0 Å². The summed E-state index contributed by atoms with van der Waals surface area (Å²) in [7, 11) is 2.66. The van der Waals surface area contributed by atoms with E-state index in [1.54, 1.807) is 0 Å². The fourth-order valence-electron chi connectivity index (χ4n) is 1.65. The largest absolute Gasteiger partial charge is 0.469 e. The number of rotatable bonds is 7. The van der Waals surface area contributed by atoms with Gasteiger partial charge < -0.3 is 14.8 Å². The molecule has 0 aliphatic heterocycles. The predicted octanol–water partition coefficient (Wildman–Crippen LogP) is 1.27. The molecule has 1 atom stereocenters. The van der Waals surface area contributed by atoms with Gasteiger partial charge in [-0.15, -0.1) is 0 Å². The molecule has 0 aliphatic rings. The highest BCUT2D eigenvalue weighted by molar-refractivity contribution is 5.77. The van der Waals surface area contributed by atoms with Crippen molar-refractivity contribution in [3.05, 3.63) is 35.9 Å². The molecule has 1 N–H and O–H groups in total. The summed E-state index contributed by atoms with van der Waals surface area (Å²) in [6, 6.07) is 9.20. The molecule has 0 fully saturated rings. The van der Waals surface area contributed by atoms with E-state index in [9.17, 15) is 9.59 Å². The molecule has 1 aromatic rings. The smallest absolute Gasteiger partial charge is 0.322 e. The number of carbonyl (C=O) groups is 2. The molecule has 1 aromatic carbocycles. The summed E-state index contributed by atoms with van der Waals surface area (Å²) in [5, 5.41) is 3.08. The molecule has 5 heteroatoms. The van der Waals surface area contributed by atoms with Gasteiger partial charge in [0.2, 0.25) is 0 Å². The zero-order chi connectivity index (χ0) is 14.1. The number of nitrogens with one attached hydrogen (secondary N) is 1. The van der Waals surface area contributed by atoms with Crippen molar-refractivity contribution in [3.8, 4) is 0 Å². The number of hydrogen-bond donors (Lipinski definition) is 1. The number of ether oxygens (including phenoxy) is 2. The Kier molecular flexibility index (Phi) is 6.60. The lowest BCUT2D eigenvalue weighted by atomic mass is 10.1. The monoisotopic (exact) mass is 265 g/mol. The molecule has 1 rings (SSSR count). The minimum atomic E-state index is -0.510. The molecule has 0 saturated heterocycles. The third-order valence-electron chi connectivity index (χ3n) is 2.75. The van der Waals surface area contributed by atoms with E-state index in [-0.39, 0.29) is 18.4 Å². The number of benzene rings is 1. The Hall–Kier alpha value is -1.88. The van der Waals surface area contributed by atoms with Crippen LogP contribution in [0.4, 0.5) is 0 Å². The van der Waals surface area contributed by atoms with Gasteiger partial charge in [0.25, 0.3) is 0 Å². The number of esters is 2. The Morgan fingerprint density at radius 1 is 1.16 bits per heavy atom. The third-order valence-corrected chi connectivity index (χ3v) is 2.75. The van der Waals surface area contributed by atoms with E-state index < -0.39 is 6.04 Å². The highest BCUT2D eigenvalue weighted by Gasteiger charge is 2.19. The minimum Gasteiger partial charge on any atom is -0.469 e. The van der Waals surface area contributed by atoms with Crippen LogP contribution in [-0.4, -0.2) is 32.2 Å². The first-order valence-corrected chi connectivity index (χ1v) is 6.09. The van der Waals surface area contributed by atoms with Crippen molar-refractivity contribution >= 4 is 11.9 Å². The van der Waals surface area contributed by atoms with E-state index in [2.05, 4.69) is 10.1 Å². The fraction of sp³-hybridized carbons (Fsp3) is 0.429. The lowest BCUT2D eigenvalue weighted by Gasteiger charge is -2.15. The van der Waals surface area contributed by atoms with Gasteiger partial charge in [0, 0.05) is 13.0 Å². The second-order valence-electron chi connectivity index (χ2n) is 4.06. The molecule has 0 amide bonds. The molecule has 0 radical (unpaired) electrons. The Morgan fingerprint density at radius 2 is 1.84 bits per heavy atom. The third kappa shape index (κ3) is 5.52. The molecule has 0 aromatic heterocycles. The molecule has 0 aliphatic carbocycles. The Bertz CT molecular complexity index is 405. The lowest BCUT2D eigenvalue weighted by molar-refractivity contribution is -0.144. The minimum absolute atomic E-state index is 0.179. The molecule has 104 valence electrons. The fourth-order valence-corrected chi connectivity index (χ4v) is 1.65. The van der Waals surface area contributed by atoms with Gasteiger partial charge in [0.1, 0.15) is 6.04 Å². The van der Waals surface area contributed by atoms with E-state index in [0.29, 0.717) is 13.0 Å². The summed E-state index contributed by atoms with van der Waals surface area (Å²) in [6.45, 7) is 0.543. The maximum atomic E-state index is 11.6. The van der Waals surface area contributed by atoms with Crippen molar-refractivity contribution < 1.29 is 19.1 Å². The quantitative estimate of drug-likeness (QED) is 0.752. The van der Waals surface area contributed by atoms with E-state index in [1.165, 1.54) is 14.2 Å². The number of hydrogen-bond acceptors (Lipinski definition) is 5. The molecule has 0 unspecified atom stereocenters. The molecule has 0 bridgehead atoms. The lowest BCUT2D eigenvalue weighted by Crippen LogP contribution is -2.37. The standard InChI is InChI=1S/C14H19NO4/c1-18-13(16)9-8-12(14(17)19-2)15-10-11-6-4-3-5-7-11/h3-7,12,15H,8-10H2,1-2H3/t12-/m0/s1. The van der Waals surface area contributed by atoms with Gasteiger partial charge in [0.15, 0.2) is 0 Å². The van der Waals surface area contributed by atoms with Gasteiger partial charge in [-0.2, -0.15) is 0 Å². The Balaban J connectivity index is 2.50. The summed E-state index contributed by atoms with van der Waals surface area (Å²) < 4.78 is 9.27. The number of carbonyl (C=O) groups excluding carboxylic acids is 2. The van der Waals surface area contributed by atoms with Gasteiger partial charge >= 0.3 is 11.9 Å². The molecule has 0 saturated carbocycles. The Morgan fingerprint density at radius 3 is 2.42 bits per heavy atom. The van der Waals surface area contributed by atoms with Crippen LogP contribution in [0.2, 0.25) is 0 Å². The van der Waals surface area contributed by atoms with Gasteiger partial charge in [-0.25, -0.2) is 0 Å². The first kappa shape index (κ1) is 15.2. The van der Waals surface area contributed by atoms with Crippen LogP contribution in [0.15, 0.2) is 30.3 Å². The highest BCUT2D eigenvalue weighted by atomic mass is 16.5. The van der Waals surface area contributed by atoms with E-state index in [0.717, 1.165) is 5.56 Å². The van der Waals surface area contributed by atoms with Crippen LogP contribution in [-0.2, 0) is 25.6 Å². The average molecular weight is 265 g/mol. The first-order chi connectivity index (χ1) is 9.17. The zero-order valence-electron chi connectivity index (χ0n) is 11.2. The molecule has 19 heavy (non-hydrogen) atoms. The summed E-state index contributed by atoms with van der Waals surface area (Å²) in [6.07, 6.45) is 0.532. The Labute approximate surface area is 112 Å². The second-order valence-corrected chi connectivity index (χ2v) is 4.06. The summed E-state index contributed by atoms with van der Waals surface area (Å²) >= 11 is 0. The molecule has 0 heterocycles. The first-order valence-electron chi connectivity index (χ1n) is 6.09. The molecular formula is C14H19NO4. The second kappa shape index (κ2) is 8.26. The van der Waals surface area contributed by atoms with Crippen molar-refractivity contribution in [1.29, 1.82) is 0 Å². The molecule has 5 nitrogen and oxygen atoms in total. The van der Waals surface area contributed by atoms with Crippen molar-refractivity contribution in [2.45, 2.75) is 25.4 Å². The maximum absolute atomic E-state index is 11.6. The highest BCUT2D eigenvalue weighted by Crippen LogP contribution is 2.04. The van der Waals surface area contributed by atoms with Crippen LogP contribution in [0, 0.1) is 0 Å². The van der Waals surface area contributed by atoms with Crippen LogP contribution in [0.25, 0.3) is 0 Å². The van der Waals surface area contributed by atoms with E-state index in [1.807, 2.05) is 30.3 Å². The predicted molar refractivity (Wildman–Crippen MR) is 70.3 cm³/mol. The van der Waals surface area contributed by atoms with Crippen LogP contribution < -0.4 is 5.32 Å². The van der Waals surface area contributed by atoms with Gasteiger partial charge in [-0.05, 0) is 12.0 Å². The topological polar surface area (TPSA) is 64.6 Å². The van der Waals surface area contributed by atoms with Gasteiger partial charge in [-0.3, -0.25) is 9.59 Å². The van der Waals surface area contributed by atoms with Crippen LogP contribution in [0.1, 0.15) is 18.4 Å². The van der Waals surface area contributed by atoms with Crippen molar-refractivity contribution in [1.82, 2.24) is 5.32 Å². The SMILES string of the molecule is COC(=O)CC[C@H](NCc1ccccc1)C(=O)OC. The van der Waals surface area contributed by atoms with Gasteiger partial charge in [0.05, 0.1) is 14.2 Å². The zero-order valence-corrected chi connectivity index (χ0v) is 11.2. The van der Waals surface area contributed by atoms with Crippen molar-refractivity contribution in [2.75, 3.05) is 14.2 Å². The van der Waals surface area contributed by atoms with Crippen LogP contribution in [0.5, 0.6) is 0 Å². The summed E-state index contributed by atoms with van der Waals surface area (Å²) in [5.74, 6) is -0.713. The maximum Gasteiger partial charge on any atom is 0.322 e. The van der Waals surface area contributed by atoms with Crippen LogP contribution in [0.3, 0.4) is 0 Å². The van der Waals surface area contributed by atoms with Crippen molar-refractivity contribution in [3.63, 3.8) is 0 Å². The molecule has 0 spiro atoms. The number of methoxy groups -OCH3 is 2. The van der Waals surface area contributed by atoms with E-state index in [4.69, 9.17) is 4.74 Å².